The fourth-order valence-corrected chi connectivity index (χ4v) is 3.27. The van der Waals surface area contributed by atoms with Gasteiger partial charge in [0, 0.05) is 17.8 Å². The first-order valence-corrected chi connectivity index (χ1v) is 8.92. The Morgan fingerprint density at radius 3 is 2.70 bits per heavy atom. The minimum atomic E-state index is -0.419. The minimum absolute atomic E-state index is 0.322. The normalized spacial score (nSPS) is 23.4. The molecular formula is C15H30N2O2S. The number of nitrogens with one attached hydrogen (secondary N) is 2. The average Bonchev–Trinajstić information content (AvgIpc) is 2.36. The van der Waals surface area contributed by atoms with Crippen LogP contribution in [0, 0.1) is 0 Å². The summed E-state index contributed by atoms with van der Waals surface area (Å²) in [5, 5.41) is 7.21. The second kappa shape index (κ2) is 8.78. The Labute approximate surface area is 127 Å². The number of hydrogen-bond acceptors (Lipinski definition) is 4. The second-order valence-corrected chi connectivity index (χ2v) is 7.60. The number of ether oxygens (including phenoxy) is 1. The van der Waals surface area contributed by atoms with E-state index in [0.717, 1.165) is 18.2 Å². The highest BCUT2D eigenvalue weighted by molar-refractivity contribution is 7.99. The van der Waals surface area contributed by atoms with E-state index in [1.54, 1.807) is 0 Å². The molecule has 0 heterocycles. The molecule has 1 aliphatic rings. The summed E-state index contributed by atoms with van der Waals surface area (Å²) < 4.78 is 5.19. The molecule has 1 saturated carbocycles. The van der Waals surface area contributed by atoms with Crippen LogP contribution in [0.3, 0.4) is 0 Å². The molecule has 20 heavy (non-hydrogen) atoms. The Morgan fingerprint density at radius 1 is 1.30 bits per heavy atom. The third-order valence-corrected chi connectivity index (χ3v) is 4.51. The van der Waals surface area contributed by atoms with Crippen LogP contribution in [0.1, 0.15) is 52.9 Å². The van der Waals surface area contributed by atoms with Crippen molar-refractivity contribution >= 4 is 17.9 Å². The smallest absolute Gasteiger partial charge is 0.407 e. The van der Waals surface area contributed by atoms with E-state index in [-0.39, 0.29) is 6.09 Å². The minimum Gasteiger partial charge on any atom is -0.444 e. The van der Waals surface area contributed by atoms with Crippen molar-refractivity contribution in [3.05, 3.63) is 0 Å². The van der Waals surface area contributed by atoms with E-state index < -0.39 is 5.60 Å². The summed E-state index contributed by atoms with van der Waals surface area (Å²) in [5.41, 5.74) is -0.419. The molecule has 1 rings (SSSR count). The summed E-state index contributed by atoms with van der Waals surface area (Å²) in [5.74, 6) is 0. The first-order chi connectivity index (χ1) is 9.40. The monoisotopic (exact) mass is 302 g/mol. The maximum absolute atomic E-state index is 11.4. The van der Waals surface area contributed by atoms with Crippen LogP contribution in [-0.2, 0) is 4.74 Å². The van der Waals surface area contributed by atoms with Gasteiger partial charge in [0.1, 0.15) is 5.60 Å². The Balaban J connectivity index is 2.03. The van der Waals surface area contributed by atoms with Gasteiger partial charge in [-0.05, 0) is 59.3 Å². The molecule has 0 aromatic carbocycles. The molecule has 1 aliphatic carbocycles. The van der Waals surface area contributed by atoms with E-state index in [9.17, 15) is 4.79 Å². The molecule has 0 aromatic rings. The lowest BCUT2D eigenvalue weighted by atomic mass is 9.95. The predicted molar refractivity (Wildman–Crippen MR) is 86.4 cm³/mol. The molecule has 2 atom stereocenters. The summed E-state index contributed by atoms with van der Waals surface area (Å²) in [7, 11) is 0. The number of carbonyl (C=O) groups excluding carboxylic acids is 1. The molecule has 118 valence electrons. The number of hydrogen-bond donors (Lipinski definition) is 2. The van der Waals surface area contributed by atoms with Crippen molar-refractivity contribution in [1.82, 2.24) is 10.6 Å². The average molecular weight is 302 g/mol. The Hall–Kier alpha value is -0.420. The highest BCUT2D eigenvalue weighted by Gasteiger charge is 2.20. The number of alkyl carbamates (subject to hydrolysis) is 1. The van der Waals surface area contributed by atoms with E-state index >= 15 is 0 Å². The molecule has 5 heteroatoms. The maximum atomic E-state index is 11.4. The number of amides is 1. The van der Waals surface area contributed by atoms with Gasteiger partial charge < -0.3 is 15.4 Å². The maximum Gasteiger partial charge on any atom is 0.407 e. The molecule has 2 N–H and O–H groups in total. The number of rotatable bonds is 6. The zero-order valence-corrected chi connectivity index (χ0v) is 14.1. The van der Waals surface area contributed by atoms with Crippen molar-refractivity contribution < 1.29 is 9.53 Å². The van der Waals surface area contributed by atoms with Gasteiger partial charge in [0.05, 0.1) is 0 Å². The topological polar surface area (TPSA) is 50.4 Å². The zero-order valence-electron chi connectivity index (χ0n) is 13.3. The molecule has 0 bridgehead atoms. The van der Waals surface area contributed by atoms with Crippen molar-refractivity contribution in [2.45, 2.75) is 69.8 Å². The molecule has 1 fully saturated rings. The summed E-state index contributed by atoms with van der Waals surface area (Å²) in [4.78, 5) is 11.4. The van der Waals surface area contributed by atoms with Crippen molar-refractivity contribution in [3.8, 4) is 0 Å². The largest absolute Gasteiger partial charge is 0.444 e. The quantitative estimate of drug-likeness (QED) is 0.740. The Bertz CT molecular complexity index is 292. The van der Waals surface area contributed by atoms with Gasteiger partial charge in [-0.25, -0.2) is 4.79 Å². The zero-order chi connectivity index (χ0) is 15.0. The third kappa shape index (κ3) is 8.00. The van der Waals surface area contributed by atoms with Crippen LogP contribution in [0.2, 0.25) is 0 Å². The van der Waals surface area contributed by atoms with E-state index in [1.807, 2.05) is 32.5 Å². The van der Waals surface area contributed by atoms with Gasteiger partial charge in [0.2, 0.25) is 0 Å². The summed E-state index contributed by atoms with van der Waals surface area (Å²) in [6, 6.07) is 0.655. The summed E-state index contributed by atoms with van der Waals surface area (Å²) in [6.45, 7) is 7.25. The SMILES string of the molecule is CSC1CCCC(NCCCNC(=O)OC(C)(C)C)C1. The molecule has 0 spiro atoms. The molecule has 0 aliphatic heterocycles. The molecule has 0 saturated heterocycles. The molecule has 0 aromatic heterocycles. The van der Waals surface area contributed by atoms with Gasteiger partial charge in [0.15, 0.2) is 0 Å². The number of carbonyl (C=O) groups is 1. The second-order valence-electron chi connectivity index (χ2n) is 6.46. The van der Waals surface area contributed by atoms with Crippen molar-refractivity contribution in [2.24, 2.45) is 0 Å². The van der Waals surface area contributed by atoms with Gasteiger partial charge >= 0.3 is 6.09 Å². The van der Waals surface area contributed by atoms with Gasteiger partial charge in [0.25, 0.3) is 0 Å². The lowest BCUT2D eigenvalue weighted by molar-refractivity contribution is 0.0527. The summed E-state index contributed by atoms with van der Waals surface area (Å²) >= 11 is 1.99. The van der Waals surface area contributed by atoms with Crippen LogP contribution in [0.25, 0.3) is 0 Å². The molecule has 2 unspecified atom stereocenters. The van der Waals surface area contributed by atoms with Crippen LogP contribution in [0.5, 0.6) is 0 Å². The van der Waals surface area contributed by atoms with Crippen molar-refractivity contribution in [2.75, 3.05) is 19.3 Å². The highest BCUT2D eigenvalue weighted by Crippen LogP contribution is 2.26. The third-order valence-electron chi connectivity index (χ3n) is 3.41. The Kier molecular flexibility index (Phi) is 7.74. The highest BCUT2D eigenvalue weighted by atomic mass is 32.2. The molecular weight excluding hydrogens is 272 g/mol. The van der Waals surface area contributed by atoms with Gasteiger partial charge in [-0.3, -0.25) is 0 Å². The van der Waals surface area contributed by atoms with Crippen LogP contribution in [0.4, 0.5) is 4.79 Å². The van der Waals surface area contributed by atoms with Gasteiger partial charge in [-0.2, -0.15) is 11.8 Å². The number of thioether (sulfide) groups is 1. The first-order valence-electron chi connectivity index (χ1n) is 7.64. The van der Waals surface area contributed by atoms with E-state index in [0.29, 0.717) is 12.6 Å². The summed E-state index contributed by atoms with van der Waals surface area (Å²) in [6.07, 6.45) is 8.09. The van der Waals surface area contributed by atoms with E-state index in [1.165, 1.54) is 25.7 Å². The van der Waals surface area contributed by atoms with E-state index in [2.05, 4.69) is 16.9 Å². The molecule has 0 radical (unpaired) electrons. The van der Waals surface area contributed by atoms with Crippen LogP contribution in [-0.4, -0.2) is 42.3 Å². The lowest BCUT2D eigenvalue weighted by Crippen LogP contribution is -2.37. The fourth-order valence-electron chi connectivity index (χ4n) is 2.44. The van der Waals surface area contributed by atoms with Gasteiger partial charge in [-0.1, -0.05) is 6.42 Å². The lowest BCUT2D eigenvalue weighted by Gasteiger charge is -2.28. The first kappa shape index (κ1) is 17.6. The Morgan fingerprint density at radius 2 is 2.05 bits per heavy atom. The van der Waals surface area contributed by atoms with Crippen LogP contribution < -0.4 is 10.6 Å². The van der Waals surface area contributed by atoms with Crippen LogP contribution >= 0.6 is 11.8 Å². The standard InChI is InChI=1S/C15H30N2O2S/c1-15(2,3)19-14(18)17-10-6-9-16-12-7-5-8-13(11-12)20-4/h12-13,16H,5-11H2,1-4H3,(H,17,18). The van der Waals surface area contributed by atoms with Crippen molar-refractivity contribution in [1.29, 1.82) is 0 Å². The van der Waals surface area contributed by atoms with E-state index in [4.69, 9.17) is 4.74 Å². The fraction of sp³-hybridized carbons (Fsp3) is 0.933. The molecule has 1 amide bonds. The predicted octanol–water partition coefficient (Wildman–Crippen LogP) is 3.17. The van der Waals surface area contributed by atoms with Crippen molar-refractivity contribution in [3.63, 3.8) is 0 Å². The van der Waals surface area contributed by atoms with Gasteiger partial charge in [-0.15, -0.1) is 0 Å². The van der Waals surface area contributed by atoms with Crippen LogP contribution in [0.15, 0.2) is 0 Å². The molecule has 4 nitrogen and oxygen atoms in total.